The van der Waals surface area contributed by atoms with E-state index in [0.717, 1.165) is 38.1 Å². The molecule has 0 spiro atoms. The van der Waals surface area contributed by atoms with E-state index in [4.69, 9.17) is 15.2 Å². The van der Waals surface area contributed by atoms with E-state index in [0.29, 0.717) is 26.3 Å². The van der Waals surface area contributed by atoms with Crippen LogP contribution in [-0.2, 0) is 9.47 Å². The predicted octanol–water partition coefficient (Wildman–Crippen LogP) is 4.50. The molecule has 180 valence electrons. The number of hydrogen-bond donors (Lipinski definition) is 2. The number of benzene rings is 1. The lowest BCUT2D eigenvalue weighted by Crippen LogP contribution is -2.49. The Kier molecular flexibility index (Phi) is 10.8. The number of piperidine rings is 1. The second-order valence-corrected chi connectivity index (χ2v) is 9.58. The molecule has 3 atom stereocenters. The average molecular weight is 446 g/mol. The first kappa shape index (κ1) is 25.0. The lowest BCUT2D eigenvalue weighted by Gasteiger charge is -2.37. The van der Waals surface area contributed by atoms with E-state index in [1.807, 2.05) is 11.0 Å². The summed E-state index contributed by atoms with van der Waals surface area (Å²) in [6.07, 6.45) is 10.6. The normalized spacial score (nSPS) is 21.8. The summed E-state index contributed by atoms with van der Waals surface area (Å²) < 4.78 is 11.5. The summed E-state index contributed by atoms with van der Waals surface area (Å²) in [5.41, 5.74) is 7.54. The number of nitrogens with zero attached hydrogens (tertiary/aromatic N) is 1. The van der Waals surface area contributed by atoms with Crippen molar-refractivity contribution in [2.75, 3.05) is 40.0 Å². The standard InChI is InChI=1S/C26H43N3O3/c1-31-16-9-17-32-25(22-12-6-3-7-13-22)23-14-8-15-29(20-23)26(30)28-19-24(27)18-21-10-4-2-5-11-21/h3,6-7,12-13,21,23-25H,2,4-5,8-11,14-20,27H2,1H3,(H,28,30)/t23-,24?,25+/m1/s1. The second-order valence-electron chi connectivity index (χ2n) is 9.58. The van der Waals surface area contributed by atoms with Crippen LogP contribution in [-0.4, -0.2) is 56.9 Å². The van der Waals surface area contributed by atoms with Crippen LogP contribution in [0.25, 0.3) is 0 Å². The van der Waals surface area contributed by atoms with Gasteiger partial charge in [0.25, 0.3) is 0 Å². The average Bonchev–Trinajstić information content (AvgIpc) is 2.84. The third-order valence-corrected chi connectivity index (χ3v) is 6.97. The fourth-order valence-electron chi connectivity index (χ4n) is 5.27. The molecule has 1 saturated carbocycles. The summed E-state index contributed by atoms with van der Waals surface area (Å²) in [5.74, 6) is 1.02. The van der Waals surface area contributed by atoms with Gasteiger partial charge < -0.3 is 25.4 Å². The maximum atomic E-state index is 12.9. The van der Waals surface area contributed by atoms with Gasteiger partial charge in [-0.3, -0.25) is 0 Å². The highest BCUT2D eigenvalue weighted by Gasteiger charge is 2.31. The molecule has 1 aromatic rings. The number of carbonyl (C=O) groups is 1. The van der Waals surface area contributed by atoms with Crippen LogP contribution in [0.2, 0.25) is 0 Å². The van der Waals surface area contributed by atoms with Crippen LogP contribution in [0.1, 0.15) is 69.5 Å². The minimum absolute atomic E-state index is 0.00258. The van der Waals surface area contributed by atoms with Gasteiger partial charge in [-0.2, -0.15) is 0 Å². The van der Waals surface area contributed by atoms with Crippen molar-refractivity contribution in [3.05, 3.63) is 35.9 Å². The fraction of sp³-hybridized carbons (Fsp3) is 0.731. The van der Waals surface area contributed by atoms with Gasteiger partial charge in [-0.25, -0.2) is 4.79 Å². The molecule has 0 aromatic heterocycles. The molecule has 1 aromatic carbocycles. The molecule has 1 heterocycles. The van der Waals surface area contributed by atoms with Crippen molar-refractivity contribution in [2.24, 2.45) is 17.6 Å². The third kappa shape index (κ3) is 8.05. The van der Waals surface area contributed by atoms with Gasteiger partial charge in [-0.15, -0.1) is 0 Å². The quantitative estimate of drug-likeness (QED) is 0.492. The maximum Gasteiger partial charge on any atom is 0.317 e. The van der Waals surface area contributed by atoms with Crippen molar-refractivity contribution < 1.29 is 14.3 Å². The highest BCUT2D eigenvalue weighted by atomic mass is 16.5. The number of urea groups is 1. The molecule has 1 aliphatic heterocycles. The number of likely N-dealkylation sites (tertiary alicyclic amines) is 1. The van der Waals surface area contributed by atoms with Gasteiger partial charge in [0, 0.05) is 51.9 Å². The van der Waals surface area contributed by atoms with Gasteiger partial charge in [0.1, 0.15) is 0 Å². The fourth-order valence-corrected chi connectivity index (χ4v) is 5.27. The van der Waals surface area contributed by atoms with Gasteiger partial charge >= 0.3 is 6.03 Å². The number of nitrogens with one attached hydrogen (secondary N) is 1. The smallest absolute Gasteiger partial charge is 0.317 e. The minimum Gasteiger partial charge on any atom is -0.385 e. The van der Waals surface area contributed by atoms with Gasteiger partial charge in [-0.05, 0) is 37.2 Å². The molecule has 2 fully saturated rings. The number of nitrogens with two attached hydrogens (primary N) is 1. The lowest BCUT2D eigenvalue weighted by atomic mass is 9.85. The summed E-state index contributed by atoms with van der Waals surface area (Å²) in [5, 5.41) is 3.11. The van der Waals surface area contributed by atoms with E-state index in [-0.39, 0.29) is 24.1 Å². The van der Waals surface area contributed by atoms with Gasteiger partial charge in [-0.1, -0.05) is 62.4 Å². The highest BCUT2D eigenvalue weighted by Crippen LogP contribution is 2.33. The van der Waals surface area contributed by atoms with Gasteiger partial charge in [0.05, 0.1) is 6.10 Å². The Morgan fingerprint density at radius 3 is 2.66 bits per heavy atom. The monoisotopic (exact) mass is 445 g/mol. The molecule has 1 unspecified atom stereocenters. The summed E-state index contributed by atoms with van der Waals surface area (Å²) in [6, 6.07) is 10.5. The van der Waals surface area contributed by atoms with Crippen molar-refractivity contribution in [3.8, 4) is 0 Å². The molecule has 0 bridgehead atoms. The third-order valence-electron chi connectivity index (χ3n) is 6.97. The molecule has 32 heavy (non-hydrogen) atoms. The number of amides is 2. The summed E-state index contributed by atoms with van der Waals surface area (Å²) in [6.45, 7) is 3.43. The number of ether oxygens (including phenoxy) is 2. The maximum absolute atomic E-state index is 12.9. The van der Waals surface area contributed by atoms with E-state index < -0.39 is 0 Å². The zero-order valence-corrected chi connectivity index (χ0v) is 19.8. The molecular weight excluding hydrogens is 402 g/mol. The Labute approximate surface area is 194 Å². The van der Waals surface area contributed by atoms with Crippen LogP contribution in [0.5, 0.6) is 0 Å². The van der Waals surface area contributed by atoms with Crippen LogP contribution in [0, 0.1) is 11.8 Å². The Bertz CT molecular complexity index is 651. The zero-order chi connectivity index (χ0) is 22.6. The number of rotatable bonds is 11. The lowest BCUT2D eigenvalue weighted by molar-refractivity contribution is -0.0166. The SMILES string of the molecule is COCCCO[C@@H](c1ccccc1)[C@@H]1CCCN(C(=O)NCC(N)CC2CCCCC2)C1. The van der Waals surface area contributed by atoms with Crippen molar-refractivity contribution in [3.63, 3.8) is 0 Å². The van der Waals surface area contributed by atoms with Crippen LogP contribution < -0.4 is 11.1 Å². The Morgan fingerprint density at radius 2 is 1.91 bits per heavy atom. The van der Waals surface area contributed by atoms with Crippen molar-refractivity contribution in [2.45, 2.75) is 69.9 Å². The summed E-state index contributed by atoms with van der Waals surface area (Å²) in [7, 11) is 1.72. The second kappa shape index (κ2) is 13.8. The molecule has 6 heteroatoms. The molecule has 1 aliphatic carbocycles. The zero-order valence-electron chi connectivity index (χ0n) is 19.8. The van der Waals surface area contributed by atoms with E-state index in [2.05, 4.69) is 29.6 Å². The largest absolute Gasteiger partial charge is 0.385 e. The molecule has 3 rings (SSSR count). The van der Waals surface area contributed by atoms with E-state index in [9.17, 15) is 4.79 Å². The molecule has 6 nitrogen and oxygen atoms in total. The van der Waals surface area contributed by atoms with Crippen molar-refractivity contribution in [1.82, 2.24) is 10.2 Å². The topological polar surface area (TPSA) is 76.8 Å². The van der Waals surface area contributed by atoms with E-state index in [1.165, 1.54) is 37.7 Å². The Morgan fingerprint density at radius 1 is 1.12 bits per heavy atom. The van der Waals surface area contributed by atoms with E-state index in [1.54, 1.807) is 7.11 Å². The predicted molar refractivity (Wildman–Crippen MR) is 128 cm³/mol. The molecule has 2 amide bonds. The Balaban J connectivity index is 1.50. The van der Waals surface area contributed by atoms with E-state index >= 15 is 0 Å². The van der Waals surface area contributed by atoms with Crippen molar-refractivity contribution in [1.29, 1.82) is 0 Å². The van der Waals surface area contributed by atoms with Crippen LogP contribution in [0.15, 0.2) is 30.3 Å². The molecule has 0 radical (unpaired) electrons. The number of carbonyl (C=O) groups excluding carboxylic acids is 1. The highest BCUT2D eigenvalue weighted by molar-refractivity contribution is 5.74. The molecule has 1 saturated heterocycles. The number of methoxy groups -OCH3 is 1. The first-order valence-corrected chi connectivity index (χ1v) is 12.6. The van der Waals surface area contributed by atoms with Crippen LogP contribution in [0.4, 0.5) is 4.79 Å². The Hall–Kier alpha value is -1.63. The molecular formula is C26H43N3O3. The summed E-state index contributed by atoms with van der Waals surface area (Å²) in [4.78, 5) is 14.9. The summed E-state index contributed by atoms with van der Waals surface area (Å²) >= 11 is 0. The van der Waals surface area contributed by atoms with Gasteiger partial charge in [0.15, 0.2) is 0 Å². The van der Waals surface area contributed by atoms with Crippen molar-refractivity contribution >= 4 is 6.03 Å². The minimum atomic E-state index is -0.00258. The van der Waals surface area contributed by atoms with Crippen LogP contribution >= 0.6 is 0 Å². The number of hydrogen-bond acceptors (Lipinski definition) is 4. The van der Waals surface area contributed by atoms with Gasteiger partial charge in [0.2, 0.25) is 0 Å². The van der Waals surface area contributed by atoms with Crippen LogP contribution in [0.3, 0.4) is 0 Å². The first-order valence-electron chi connectivity index (χ1n) is 12.6. The molecule has 2 aliphatic rings. The molecule has 3 N–H and O–H groups in total. The first-order chi connectivity index (χ1) is 15.7.